The highest BCUT2D eigenvalue weighted by molar-refractivity contribution is 5.87. The summed E-state index contributed by atoms with van der Waals surface area (Å²) < 4.78 is 26.9. The van der Waals surface area contributed by atoms with Gasteiger partial charge >= 0.3 is 5.97 Å². The summed E-state index contributed by atoms with van der Waals surface area (Å²) in [6.07, 6.45) is 7.11. The fourth-order valence-corrected chi connectivity index (χ4v) is 1.49. The molecule has 0 aliphatic heterocycles. The minimum Gasteiger partial charge on any atom is -0.478 e. The maximum atomic E-state index is 13.4. The standard InChI is InChI=1S/C13H12F2O2/c1-2-3-4-5-6-10-11(14)7-9(13(16)17)8-12(10)15/h1,7-8H,3-6H2,(H,16,17). The quantitative estimate of drug-likeness (QED) is 0.632. The molecular weight excluding hydrogens is 226 g/mol. The lowest BCUT2D eigenvalue weighted by Gasteiger charge is -2.05. The molecule has 0 atom stereocenters. The van der Waals surface area contributed by atoms with Gasteiger partial charge in [0.25, 0.3) is 0 Å². The van der Waals surface area contributed by atoms with Crippen LogP contribution in [-0.4, -0.2) is 11.1 Å². The number of hydrogen-bond donors (Lipinski definition) is 1. The van der Waals surface area contributed by atoms with E-state index in [0.717, 1.165) is 12.1 Å². The Morgan fingerprint density at radius 2 is 1.88 bits per heavy atom. The van der Waals surface area contributed by atoms with Crippen LogP contribution in [-0.2, 0) is 6.42 Å². The lowest BCUT2D eigenvalue weighted by atomic mass is 10.0. The minimum absolute atomic E-state index is 0.0768. The van der Waals surface area contributed by atoms with Crippen molar-refractivity contribution in [3.8, 4) is 12.3 Å². The molecule has 0 saturated carbocycles. The van der Waals surface area contributed by atoms with Gasteiger partial charge in [0.05, 0.1) is 5.56 Å². The van der Waals surface area contributed by atoms with E-state index in [1.807, 2.05) is 0 Å². The largest absolute Gasteiger partial charge is 0.478 e. The lowest BCUT2D eigenvalue weighted by molar-refractivity contribution is 0.0695. The third-order valence-electron chi connectivity index (χ3n) is 2.39. The number of carboxylic acid groups (broad SMARTS) is 1. The van der Waals surface area contributed by atoms with E-state index < -0.39 is 17.6 Å². The summed E-state index contributed by atoms with van der Waals surface area (Å²) in [4.78, 5) is 10.6. The molecule has 0 heterocycles. The van der Waals surface area contributed by atoms with Crippen molar-refractivity contribution in [3.05, 3.63) is 34.9 Å². The molecule has 0 spiro atoms. The van der Waals surface area contributed by atoms with Gasteiger partial charge in [0.15, 0.2) is 0 Å². The number of halogens is 2. The first-order valence-electron chi connectivity index (χ1n) is 5.21. The van der Waals surface area contributed by atoms with Gasteiger partial charge in [-0.3, -0.25) is 0 Å². The van der Waals surface area contributed by atoms with Crippen LogP contribution in [0.5, 0.6) is 0 Å². The van der Waals surface area contributed by atoms with Gasteiger partial charge in [-0.2, -0.15) is 0 Å². The predicted molar refractivity (Wildman–Crippen MR) is 59.7 cm³/mol. The van der Waals surface area contributed by atoms with Gasteiger partial charge in [0.2, 0.25) is 0 Å². The molecule has 0 bridgehead atoms. The van der Waals surface area contributed by atoms with E-state index in [0.29, 0.717) is 19.3 Å². The van der Waals surface area contributed by atoms with E-state index in [9.17, 15) is 13.6 Å². The molecule has 4 heteroatoms. The Morgan fingerprint density at radius 1 is 1.29 bits per heavy atom. The zero-order valence-electron chi connectivity index (χ0n) is 9.17. The van der Waals surface area contributed by atoms with Crippen molar-refractivity contribution >= 4 is 5.97 Å². The first-order chi connectivity index (χ1) is 8.06. The molecular formula is C13H12F2O2. The van der Waals surface area contributed by atoms with Crippen LogP contribution in [0.4, 0.5) is 8.78 Å². The predicted octanol–water partition coefficient (Wildman–Crippen LogP) is 3.01. The Kier molecular flexibility index (Phi) is 4.65. The topological polar surface area (TPSA) is 37.3 Å². The number of terminal acetylenes is 1. The minimum atomic E-state index is -1.35. The SMILES string of the molecule is C#CCCCCc1c(F)cc(C(=O)O)cc1F. The highest BCUT2D eigenvalue weighted by Crippen LogP contribution is 2.18. The van der Waals surface area contributed by atoms with Crippen molar-refractivity contribution in [1.29, 1.82) is 0 Å². The van der Waals surface area contributed by atoms with Crippen LogP contribution < -0.4 is 0 Å². The molecule has 0 fully saturated rings. The fourth-order valence-electron chi connectivity index (χ4n) is 1.49. The number of benzene rings is 1. The van der Waals surface area contributed by atoms with E-state index in [2.05, 4.69) is 5.92 Å². The highest BCUT2D eigenvalue weighted by Gasteiger charge is 2.13. The summed E-state index contributed by atoms with van der Waals surface area (Å²) in [5.74, 6) is -0.537. The molecule has 1 rings (SSSR count). The number of aromatic carboxylic acids is 1. The summed E-state index contributed by atoms with van der Waals surface area (Å²) in [7, 11) is 0. The molecule has 1 N–H and O–H groups in total. The molecule has 1 aromatic carbocycles. The molecule has 2 nitrogen and oxygen atoms in total. The Hall–Kier alpha value is -1.89. The Labute approximate surface area is 98.3 Å². The zero-order chi connectivity index (χ0) is 12.8. The number of unbranched alkanes of at least 4 members (excludes halogenated alkanes) is 2. The van der Waals surface area contributed by atoms with Gasteiger partial charge in [0, 0.05) is 12.0 Å². The summed E-state index contributed by atoms with van der Waals surface area (Å²) in [5, 5.41) is 8.62. The van der Waals surface area contributed by atoms with Crippen LogP contribution in [0, 0.1) is 24.0 Å². The third kappa shape index (κ3) is 3.56. The first-order valence-corrected chi connectivity index (χ1v) is 5.21. The van der Waals surface area contributed by atoms with Crippen molar-refractivity contribution in [2.45, 2.75) is 25.7 Å². The Bertz CT molecular complexity index is 438. The van der Waals surface area contributed by atoms with Crippen molar-refractivity contribution in [2.75, 3.05) is 0 Å². The monoisotopic (exact) mass is 238 g/mol. The zero-order valence-corrected chi connectivity index (χ0v) is 9.17. The maximum Gasteiger partial charge on any atom is 0.335 e. The number of carbonyl (C=O) groups is 1. The Morgan fingerprint density at radius 3 is 2.35 bits per heavy atom. The smallest absolute Gasteiger partial charge is 0.335 e. The molecule has 1 aromatic rings. The van der Waals surface area contributed by atoms with Gasteiger partial charge in [-0.15, -0.1) is 12.3 Å². The van der Waals surface area contributed by atoms with E-state index in [1.165, 1.54) is 0 Å². The van der Waals surface area contributed by atoms with E-state index >= 15 is 0 Å². The van der Waals surface area contributed by atoms with Crippen LogP contribution in [0.2, 0.25) is 0 Å². The molecule has 0 amide bonds. The molecule has 90 valence electrons. The van der Waals surface area contributed by atoms with Gasteiger partial charge in [0.1, 0.15) is 11.6 Å². The summed E-state index contributed by atoms with van der Waals surface area (Å²) in [6.45, 7) is 0. The average Bonchev–Trinajstić information content (AvgIpc) is 2.26. The van der Waals surface area contributed by atoms with Crippen LogP contribution in [0.25, 0.3) is 0 Å². The number of hydrogen-bond acceptors (Lipinski definition) is 1. The molecule has 0 aliphatic carbocycles. The molecule has 0 radical (unpaired) electrons. The molecule has 0 saturated heterocycles. The number of carboxylic acids is 1. The normalized spacial score (nSPS) is 9.94. The fraction of sp³-hybridized carbons (Fsp3) is 0.308. The molecule has 0 aromatic heterocycles. The maximum absolute atomic E-state index is 13.4. The second-order valence-electron chi connectivity index (χ2n) is 3.63. The average molecular weight is 238 g/mol. The van der Waals surface area contributed by atoms with Gasteiger partial charge in [-0.05, 0) is 31.4 Å². The third-order valence-corrected chi connectivity index (χ3v) is 2.39. The van der Waals surface area contributed by atoms with Crippen LogP contribution in [0.3, 0.4) is 0 Å². The van der Waals surface area contributed by atoms with E-state index in [4.69, 9.17) is 11.5 Å². The van der Waals surface area contributed by atoms with Crippen molar-refractivity contribution in [2.24, 2.45) is 0 Å². The second kappa shape index (κ2) is 6.00. The van der Waals surface area contributed by atoms with Crippen LogP contribution in [0.1, 0.15) is 35.2 Å². The number of rotatable bonds is 5. The Balaban J connectivity index is 2.80. The first kappa shape index (κ1) is 13.2. The summed E-state index contributed by atoms with van der Waals surface area (Å²) in [5.41, 5.74) is -0.459. The van der Waals surface area contributed by atoms with E-state index in [1.54, 1.807) is 0 Å². The molecule has 0 aliphatic rings. The van der Waals surface area contributed by atoms with Crippen molar-refractivity contribution < 1.29 is 18.7 Å². The van der Waals surface area contributed by atoms with Crippen LogP contribution >= 0.6 is 0 Å². The highest BCUT2D eigenvalue weighted by atomic mass is 19.1. The second-order valence-corrected chi connectivity index (χ2v) is 3.63. The summed E-state index contributed by atoms with van der Waals surface area (Å²) in [6, 6.07) is 1.67. The van der Waals surface area contributed by atoms with Gasteiger partial charge < -0.3 is 5.11 Å². The lowest BCUT2D eigenvalue weighted by Crippen LogP contribution is -2.03. The molecule has 0 unspecified atom stereocenters. The van der Waals surface area contributed by atoms with Crippen molar-refractivity contribution in [3.63, 3.8) is 0 Å². The van der Waals surface area contributed by atoms with Gasteiger partial charge in [-0.25, -0.2) is 13.6 Å². The van der Waals surface area contributed by atoms with Crippen molar-refractivity contribution in [1.82, 2.24) is 0 Å². The van der Waals surface area contributed by atoms with E-state index in [-0.39, 0.29) is 17.5 Å². The summed E-state index contributed by atoms with van der Waals surface area (Å²) >= 11 is 0. The molecule has 17 heavy (non-hydrogen) atoms. The van der Waals surface area contributed by atoms with Gasteiger partial charge in [-0.1, -0.05) is 0 Å². The van der Waals surface area contributed by atoms with Crippen LogP contribution in [0.15, 0.2) is 12.1 Å².